The molecule has 2 N–H and O–H groups in total. The molecular formula is C19H22ClN3O4. The van der Waals surface area contributed by atoms with Gasteiger partial charge in [-0.15, -0.1) is 0 Å². The zero-order valence-electron chi connectivity index (χ0n) is 15.6. The topological polar surface area (TPSA) is 101 Å². The third-order valence-electron chi connectivity index (χ3n) is 4.10. The van der Waals surface area contributed by atoms with Crippen molar-refractivity contribution in [1.82, 2.24) is 15.3 Å². The number of nitrogens with one attached hydrogen (secondary N) is 1. The average Bonchev–Trinajstić information content (AvgIpc) is 2.61. The van der Waals surface area contributed by atoms with Crippen molar-refractivity contribution in [2.75, 3.05) is 7.11 Å². The maximum absolute atomic E-state index is 12.9. The Balaban J connectivity index is 2.42. The van der Waals surface area contributed by atoms with Crippen molar-refractivity contribution in [3.8, 4) is 5.75 Å². The maximum atomic E-state index is 12.9. The number of aliphatic carboxylic acids is 1. The van der Waals surface area contributed by atoms with Crippen LogP contribution in [-0.2, 0) is 10.3 Å². The number of carbonyl (C=O) groups is 2. The number of ether oxygens (including phenoxy) is 1. The lowest BCUT2D eigenvalue weighted by atomic mass is 9.88. The van der Waals surface area contributed by atoms with Gasteiger partial charge in [0.15, 0.2) is 0 Å². The highest BCUT2D eigenvalue weighted by Crippen LogP contribution is 2.29. The number of hydrogen-bond acceptors (Lipinski definition) is 5. The zero-order chi connectivity index (χ0) is 20.2. The Bertz CT molecular complexity index is 857. The van der Waals surface area contributed by atoms with Crippen LogP contribution in [0.15, 0.2) is 30.5 Å². The van der Waals surface area contributed by atoms with E-state index in [9.17, 15) is 14.7 Å². The number of methoxy groups -OCH3 is 1. The molecule has 0 aliphatic carbocycles. The highest BCUT2D eigenvalue weighted by atomic mass is 35.5. The lowest BCUT2D eigenvalue weighted by Crippen LogP contribution is -2.45. The second-order valence-corrected chi connectivity index (χ2v) is 7.08. The fourth-order valence-electron chi connectivity index (χ4n) is 2.62. The Morgan fingerprint density at radius 3 is 2.67 bits per heavy atom. The van der Waals surface area contributed by atoms with Crippen molar-refractivity contribution in [3.63, 3.8) is 0 Å². The maximum Gasteiger partial charge on any atom is 0.306 e. The number of aromatic nitrogens is 2. The van der Waals surface area contributed by atoms with E-state index in [4.69, 9.17) is 16.3 Å². The molecule has 0 saturated heterocycles. The quantitative estimate of drug-likeness (QED) is 0.750. The van der Waals surface area contributed by atoms with Crippen molar-refractivity contribution in [1.29, 1.82) is 0 Å². The lowest BCUT2D eigenvalue weighted by Gasteiger charge is -2.30. The minimum absolute atomic E-state index is 0.00914. The van der Waals surface area contributed by atoms with E-state index in [-0.39, 0.29) is 23.1 Å². The third kappa shape index (κ3) is 4.95. The smallest absolute Gasteiger partial charge is 0.306 e. The van der Waals surface area contributed by atoms with E-state index in [0.29, 0.717) is 17.1 Å². The van der Waals surface area contributed by atoms with Crippen molar-refractivity contribution >= 4 is 23.5 Å². The molecule has 0 aliphatic heterocycles. The summed E-state index contributed by atoms with van der Waals surface area (Å²) in [6.45, 7) is 5.43. The summed E-state index contributed by atoms with van der Waals surface area (Å²) in [6, 6.07) is 6.88. The van der Waals surface area contributed by atoms with E-state index in [1.165, 1.54) is 13.3 Å². The molecule has 0 saturated carbocycles. The van der Waals surface area contributed by atoms with Gasteiger partial charge >= 0.3 is 5.97 Å². The van der Waals surface area contributed by atoms with E-state index in [1.807, 2.05) is 13.8 Å². The predicted molar refractivity (Wildman–Crippen MR) is 101 cm³/mol. The predicted octanol–water partition coefficient (Wildman–Crippen LogP) is 3.38. The Hall–Kier alpha value is -2.67. The van der Waals surface area contributed by atoms with Gasteiger partial charge in [0.25, 0.3) is 5.91 Å². The third-order valence-corrected chi connectivity index (χ3v) is 4.37. The average molecular weight is 392 g/mol. The molecular weight excluding hydrogens is 370 g/mol. The molecule has 1 heterocycles. The monoisotopic (exact) mass is 391 g/mol. The van der Waals surface area contributed by atoms with Crippen LogP contribution in [0, 0.1) is 0 Å². The van der Waals surface area contributed by atoms with Crippen LogP contribution in [0.3, 0.4) is 0 Å². The number of halogens is 1. The number of hydrogen-bond donors (Lipinski definition) is 2. The first kappa shape index (κ1) is 20.6. The summed E-state index contributed by atoms with van der Waals surface area (Å²) in [5.74, 6) is -0.586. The molecule has 1 atom stereocenters. The largest absolute Gasteiger partial charge is 0.497 e. The molecule has 0 fully saturated rings. The number of benzene rings is 1. The van der Waals surface area contributed by atoms with Crippen molar-refractivity contribution in [2.45, 2.75) is 38.6 Å². The lowest BCUT2D eigenvalue weighted by molar-refractivity contribution is -0.138. The van der Waals surface area contributed by atoms with Crippen molar-refractivity contribution in [3.05, 3.63) is 52.6 Å². The van der Waals surface area contributed by atoms with Gasteiger partial charge in [-0.3, -0.25) is 9.59 Å². The minimum atomic E-state index is -1.19. The molecule has 8 heteroatoms. The molecule has 0 aliphatic rings. The molecule has 0 bridgehead atoms. The molecule has 1 unspecified atom stereocenters. The molecule has 7 nitrogen and oxygen atoms in total. The minimum Gasteiger partial charge on any atom is -0.497 e. The highest BCUT2D eigenvalue weighted by molar-refractivity contribution is 6.33. The summed E-state index contributed by atoms with van der Waals surface area (Å²) < 4.78 is 5.20. The molecule has 27 heavy (non-hydrogen) atoms. The summed E-state index contributed by atoms with van der Waals surface area (Å²) in [5, 5.41) is 12.2. The number of carbonyl (C=O) groups excluding carboxylic acids is 1. The number of rotatable bonds is 7. The molecule has 2 aromatic rings. The van der Waals surface area contributed by atoms with E-state index in [2.05, 4.69) is 15.3 Å². The van der Waals surface area contributed by atoms with E-state index < -0.39 is 17.4 Å². The molecule has 0 radical (unpaired) electrons. The first-order valence-electron chi connectivity index (χ1n) is 8.37. The van der Waals surface area contributed by atoms with Crippen LogP contribution in [0.1, 0.15) is 55.0 Å². The molecule has 0 spiro atoms. The van der Waals surface area contributed by atoms with E-state index >= 15 is 0 Å². The van der Waals surface area contributed by atoms with Gasteiger partial charge in [0.2, 0.25) is 0 Å². The molecule has 1 aromatic carbocycles. The zero-order valence-corrected chi connectivity index (χ0v) is 16.4. The SMILES string of the molecule is COc1cccc(C(C)(CC(=O)O)NC(=O)c2nc(C(C)C)ncc2Cl)c1. The number of carboxylic acids is 1. The summed E-state index contributed by atoms with van der Waals surface area (Å²) in [4.78, 5) is 32.6. The van der Waals surface area contributed by atoms with Gasteiger partial charge in [0.05, 0.1) is 30.3 Å². The van der Waals surface area contributed by atoms with Crippen molar-refractivity contribution in [2.24, 2.45) is 0 Å². The van der Waals surface area contributed by atoms with Crippen LogP contribution >= 0.6 is 11.6 Å². The first-order valence-corrected chi connectivity index (χ1v) is 8.75. The molecule has 144 valence electrons. The number of amides is 1. The van der Waals surface area contributed by atoms with Gasteiger partial charge < -0.3 is 15.2 Å². The van der Waals surface area contributed by atoms with Gasteiger partial charge in [-0.05, 0) is 24.6 Å². The molecule has 1 amide bonds. The Kier molecular flexibility index (Phi) is 6.38. The van der Waals surface area contributed by atoms with Crippen LogP contribution in [0.25, 0.3) is 0 Å². The van der Waals surface area contributed by atoms with E-state index in [0.717, 1.165) is 0 Å². The standard InChI is InChI=1S/C19H22ClN3O4/c1-11(2)17-21-10-14(20)16(22-17)18(26)23-19(3,9-15(24)25)12-6-5-7-13(8-12)27-4/h5-8,10-11H,9H2,1-4H3,(H,23,26)(H,24,25). The van der Waals surface area contributed by atoms with Crippen LogP contribution in [0.4, 0.5) is 0 Å². The van der Waals surface area contributed by atoms with Gasteiger partial charge in [-0.25, -0.2) is 9.97 Å². The van der Waals surface area contributed by atoms with E-state index in [1.54, 1.807) is 31.2 Å². The molecule has 2 rings (SSSR count). The fraction of sp³-hybridized carbons (Fsp3) is 0.368. The molecule has 1 aromatic heterocycles. The normalized spacial score (nSPS) is 13.1. The van der Waals surface area contributed by atoms with Crippen LogP contribution in [0.2, 0.25) is 5.02 Å². The second-order valence-electron chi connectivity index (χ2n) is 6.67. The summed E-state index contributed by atoms with van der Waals surface area (Å²) in [7, 11) is 1.51. The fourth-order valence-corrected chi connectivity index (χ4v) is 2.79. The van der Waals surface area contributed by atoms with Crippen LogP contribution in [0.5, 0.6) is 5.75 Å². The van der Waals surface area contributed by atoms with Gasteiger partial charge in [-0.1, -0.05) is 37.6 Å². The first-order chi connectivity index (χ1) is 12.7. The Morgan fingerprint density at radius 1 is 1.37 bits per heavy atom. The van der Waals surface area contributed by atoms with Gasteiger partial charge in [0.1, 0.15) is 17.3 Å². The number of nitrogens with zero attached hydrogens (tertiary/aromatic N) is 2. The highest BCUT2D eigenvalue weighted by Gasteiger charge is 2.33. The van der Waals surface area contributed by atoms with Crippen molar-refractivity contribution < 1.29 is 19.4 Å². The van der Waals surface area contributed by atoms with Gasteiger partial charge in [0, 0.05) is 5.92 Å². The summed E-state index contributed by atoms with van der Waals surface area (Å²) >= 11 is 6.10. The van der Waals surface area contributed by atoms with Crippen LogP contribution < -0.4 is 10.1 Å². The van der Waals surface area contributed by atoms with Gasteiger partial charge in [-0.2, -0.15) is 0 Å². The second kappa shape index (κ2) is 8.35. The Morgan fingerprint density at radius 2 is 2.07 bits per heavy atom. The number of carboxylic acid groups (broad SMARTS) is 1. The Labute approximate surface area is 162 Å². The van der Waals surface area contributed by atoms with Crippen LogP contribution in [-0.4, -0.2) is 34.1 Å². The summed E-state index contributed by atoms with van der Waals surface area (Å²) in [5.41, 5.74) is -0.592. The summed E-state index contributed by atoms with van der Waals surface area (Å²) in [6.07, 6.45) is 1.05.